The highest BCUT2D eigenvalue weighted by atomic mass is 16.3. The largest absolute Gasteiger partial charge is 0.506 e. The highest BCUT2D eigenvalue weighted by Gasteiger charge is 2.23. The summed E-state index contributed by atoms with van der Waals surface area (Å²) in [5.41, 5.74) is 5.26. The zero-order valence-corrected chi connectivity index (χ0v) is 23.0. The molecule has 1 saturated heterocycles. The van der Waals surface area contributed by atoms with Gasteiger partial charge in [0.15, 0.2) is 25.5 Å². The molecular weight excluding hydrogens is 468 g/mol. The molecule has 0 amide bonds. The number of hydrogen-bond donors (Lipinski definition) is 2. The van der Waals surface area contributed by atoms with Crippen LogP contribution in [0.4, 0.5) is 0 Å². The first-order valence-electron chi connectivity index (χ1n) is 13.6. The summed E-state index contributed by atoms with van der Waals surface area (Å²) < 4.78 is 4.42. The molecule has 0 spiro atoms. The van der Waals surface area contributed by atoms with Crippen molar-refractivity contribution in [1.82, 2.24) is 0 Å². The number of benzene rings is 4. The van der Waals surface area contributed by atoms with Gasteiger partial charge in [-0.05, 0) is 23.3 Å². The molecule has 0 unspecified atom stereocenters. The van der Waals surface area contributed by atoms with Crippen LogP contribution in [-0.2, 0) is 0 Å². The van der Waals surface area contributed by atoms with E-state index in [-0.39, 0.29) is 0 Å². The molecule has 38 heavy (non-hydrogen) atoms. The third kappa shape index (κ3) is 6.98. The smallest absolute Gasteiger partial charge is 0.334 e. The number of aromatic hydroxyl groups is 2. The van der Waals surface area contributed by atoms with E-state index in [4.69, 9.17) is 0 Å². The van der Waals surface area contributed by atoms with Gasteiger partial charge in [-0.2, -0.15) is 9.15 Å². The lowest BCUT2D eigenvalue weighted by molar-refractivity contribution is -0.747. The molecule has 0 saturated carbocycles. The van der Waals surface area contributed by atoms with Crippen molar-refractivity contribution in [2.75, 3.05) is 19.8 Å². The third-order valence-corrected chi connectivity index (χ3v) is 6.20. The number of nitrogens with zero attached hydrogens (tertiary/aromatic N) is 2. The van der Waals surface area contributed by atoms with E-state index < -0.39 is 0 Å². The van der Waals surface area contributed by atoms with E-state index in [0.717, 1.165) is 52.9 Å². The monoisotopic (exact) mass is 508 g/mol. The zero-order valence-electron chi connectivity index (χ0n) is 23.0. The van der Waals surface area contributed by atoms with Crippen molar-refractivity contribution >= 4 is 12.4 Å². The average Bonchev–Trinajstić information content (AvgIpc) is 2.98. The first-order valence-corrected chi connectivity index (χ1v) is 13.6. The molecule has 1 heterocycles. The second-order valence-corrected chi connectivity index (χ2v) is 8.60. The molecule has 1 fully saturated rings. The Morgan fingerprint density at radius 2 is 0.921 bits per heavy atom. The topological polar surface area (TPSA) is 46.5 Å². The van der Waals surface area contributed by atoms with Crippen molar-refractivity contribution in [3.63, 3.8) is 0 Å². The van der Waals surface area contributed by atoms with Crippen molar-refractivity contribution in [2.45, 2.75) is 34.1 Å². The van der Waals surface area contributed by atoms with Gasteiger partial charge in [0.05, 0.1) is 17.5 Å². The minimum absolute atomic E-state index is 0.294. The molecule has 4 aromatic rings. The molecule has 0 radical (unpaired) electrons. The molecule has 1 aliphatic rings. The summed E-state index contributed by atoms with van der Waals surface area (Å²) in [6, 6.07) is 31.6. The van der Waals surface area contributed by atoms with E-state index in [1.54, 1.807) is 0 Å². The molecule has 0 atom stereocenters. The van der Waals surface area contributed by atoms with Gasteiger partial charge in [0.2, 0.25) is 0 Å². The van der Waals surface area contributed by atoms with Crippen LogP contribution in [0.25, 0.3) is 22.3 Å². The maximum absolute atomic E-state index is 10.9. The van der Waals surface area contributed by atoms with Crippen molar-refractivity contribution in [3.8, 4) is 33.8 Å². The summed E-state index contributed by atoms with van der Waals surface area (Å²) in [6.45, 7) is 10.5. The summed E-state index contributed by atoms with van der Waals surface area (Å²) in [4.78, 5) is 0. The normalized spacial score (nSPS) is 14.7. The number of rotatable bonds is 4. The molecule has 0 bridgehead atoms. The summed E-state index contributed by atoms with van der Waals surface area (Å²) in [5, 5.41) is 21.9. The second kappa shape index (κ2) is 14.5. The number of phenols is 2. The lowest BCUT2D eigenvalue weighted by Crippen LogP contribution is -2.35. The quantitative estimate of drug-likeness (QED) is 0.282. The van der Waals surface area contributed by atoms with Crippen LogP contribution >= 0.6 is 0 Å². The van der Waals surface area contributed by atoms with Crippen LogP contribution in [0, 0.1) is 0 Å². The fourth-order valence-electron chi connectivity index (χ4n) is 4.49. The summed E-state index contributed by atoms with van der Waals surface area (Å²) in [5.74, 6) is 0.589. The van der Waals surface area contributed by atoms with Gasteiger partial charge in [-0.25, -0.2) is 0 Å². The maximum atomic E-state index is 10.9. The Hall–Kier alpha value is -4.18. The molecule has 5 rings (SSSR count). The van der Waals surface area contributed by atoms with Crippen molar-refractivity contribution < 1.29 is 19.4 Å². The summed E-state index contributed by atoms with van der Waals surface area (Å²) in [7, 11) is 0. The second-order valence-electron chi connectivity index (χ2n) is 8.60. The van der Waals surface area contributed by atoms with Gasteiger partial charge < -0.3 is 10.2 Å². The molecule has 2 N–H and O–H groups in total. The first kappa shape index (κ1) is 28.4. The molecule has 4 aromatic carbocycles. The van der Waals surface area contributed by atoms with E-state index in [2.05, 4.69) is 9.15 Å². The molecule has 196 valence electrons. The van der Waals surface area contributed by atoms with Gasteiger partial charge in [0, 0.05) is 11.1 Å². The van der Waals surface area contributed by atoms with Gasteiger partial charge in [0.25, 0.3) is 0 Å². The van der Waals surface area contributed by atoms with Gasteiger partial charge in [-0.1, -0.05) is 113 Å². The Labute approximate surface area is 227 Å². The van der Waals surface area contributed by atoms with Crippen LogP contribution in [0.3, 0.4) is 0 Å². The minimum Gasteiger partial charge on any atom is -0.506 e. The van der Waals surface area contributed by atoms with Crippen molar-refractivity contribution in [2.24, 2.45) is 0 Å². The fourth-order valence-corrected chi connectivity index (χ4v) is 4.49. The van der Waals surface area contributed by atoms with Gasteiger partial charge in [0.1, 0.15) is 11.5 Å². The van der Waals surface area contributed by atoms with E-state index in [1.807, 2.05) is 137 Å². The highest BCUT2D eigenvalue weighted by molar-refractivity contribution is 5.87. The van der Waals surface area contributed by atoms with Gasteiger partial charge >= 0.3 is 6.67 Å². The Kier molecular flexibility index (Phi) is 10.9. The summed E-state index contributed by atoms with van der Waals surface area (Å²) in [6.07, 6.45) is 5.05. The Morgan fingerprint density at radius 3 is 1.32 bits per heavy atom. The zero-order chi connectivity index (χ0) is 27.3. The molecule has 4 nitrogen and oxygen atoms in total. The predicted molar refractivity (Wildman–Crippen MR) is 160 cm³/mol. The van der Waals surface area contributed by atoms with E-state index >= 15 is 0 Å². The van der Waals surface area contributed by atoms with Crippen molar-refractivity contribution in [1.29, 1.82) is 0 Å². The third-order valence-electron chi connectivity index (χ3n) is 6.20. The average molecular weight is 509 g/mol. The standard InChI is InChI=1S/C30H26N2O2.2C2H6/c33-29-25(14-7-16-27(29)23-10-3-1-4-11-23)20-31-18-9-19-32(22-31)21-26-15-8-17-28(30(26)34)24-12-5-2-6-13-24;2*1-2/h1-8,10-17,20-21H,9,18-19,22H2;2*1-2H3/p+2. The van der Waals surface area contributed by atoms with Crippen LogP contribution in [0.5, 0.6) is 11.5 Å². The predicted octanol–water partition coefficient (Wildman–Crippen LogP) is 7.41. The maximum Gasteiger partial charge on any atom is 0.334 e. The van der Waals surface area contributed by atoms with Crippen LogP contribution in [0.1, 0.15) is 45.2 Å². The number of phenolic OH excluding ortho intramolecular Hbond substituents is 2. The van der Waals surface area contributed by atoms with E-state index in [1.165, 1.54) is 0 Å². The van der Waals surface area contributed by atoms with E-state index in [9.17, 15) is 10.2 Å². The molecule has 4 heteroatoms. The Bertz CT molecular complexity index is 1260. The van der Waals surface area contributed by atoms with E-state index in [0.29, 0.717) is 18.2 Å². The van der Waals surface area contributed by atoms with Gasteiger partial charge in [-0.3, -0.25) is 0 Å². The number of para-hydroxylation sites is 2. The van der Waals surface area contributed by atoms with Crippen LogP contribution in [-0.4, -0.2) is 51.6 Å². The lowest BCUT2D eigenvalue weighted by atomic mass is 10.0. The van der Waals surface area contributed by atoms with Crippen molar-refractivity contribution in [3.05, 3.63) is 108 Å². The Balaban J connectivity index is 0.000000956. The SMILES string of the molecule is CC.CC.Oc1c(/C=[N+]2/CCC/[N+](=C/c3cccc(-c4ccccc4)c3O)C2)cccc1-c1ccccc1. The van der Waals surface area contributed by atoms with Crippen LogP contribution in [0.15, 0.2) is 97.1 Å². The van der Waals surface area contributed by atoms with Gasteiger partial charge in [-0.15, -0.1) is 0 Å². The Morgan fingerprint density at radius 1 is 0.526 bits per heavy atom. The fraction of sp³-hybridized carbons (Fsp3) is 0.235. The lowest BCUT2D eigenvalue weighted by Gasteiger charge is -2.12. The molecule has 0 aromatic heterocycles. The summed E-state index contributed by atoms with van der Waals surface area (Å²) >= 11 is 0. The molecule has 1 aliphatic heterocycles. The highest BCUT2D eigenvalue weighted by Crippen LogP contribution is 2.32. The number of hydrogen-bond acceptors (Lipinski definition) is 2. The van der Waals surface area contributed by atoms with Crippen LogP contribution < -0.4 is 0 Å². The van der Waals surface area contributed by atoms with Crippen LogP contribution in [0.2, 0.25) is 0 Å². The molecular formula is C34H40N2O2+2. The first-order chi connectivity index (χ1) is 18.7. The molecule has 0 aliphatic carbocycles. The minimum atomic E-state index is 0.294.